The van der Waals surface area contributed by atoms with Crippen LogP contribution in [-0.4, -0.2) is 37.3 Å². The Morgan fingerprint density at radius 1 is 1.23 bits per heavy atom. The van der Waals surface area contributed by atoms with E-state index >= 15 is 0 Å². The molecule has 0 saturated carbocycles. The lowest BCUT2D eigenvalue weighted by Gasteiger charge is -2.16. The first kappa shape index (κ1) is 21.8. The van der Waals surface area contributed by atoms with Crippen molar-refractivity contribution >= 4 is 12.0 Å². The van der Waals surface area contributed by atoms with Gasteiger partial charge in [-0.2, -0.15) is 13.2 Å². The zero-order valence-corrected chi connectivity index (χ0v) is 16.8. The highest BCUT2D eigenvalue weighted by Crippen LogP contribution is 2.30. The molecule has 30 heavy (non-hydrogen) atoms. The number of carbonyl (C=O) groups excluding carboxylic acids is 1. The van der Waals surface area contributed by atoms with Gasteiger partial charge in [0.15, 0.2) is 0 Å². The fourth-order valence-corrected chi connectivity index (χ4v) is 3.34. The van der Waals surface area contributed by atoms with Gasteiger partial charge in [0, 0.05) is 23.7 Å². The molecule has 0 spiro atoms. The Hall–Kier alpha value is -2.87. The molecule has 1 aromatic carbocycles. The van der Waals surface area contributed by atoms with E-state index in [1.165, 1.54) is 18.7 Å². The minimum absolute atomic E-state index is 0.0746. The number of aryl methyl sites for hydroxylation is 1. The first-order valence-corrected chi connectivity index (χ1v) is 9.59. The van der Waals surface area contributed by atoms with Crippen LogP contribution in [-0.2, 0) is 11.2 Å². The van der Waals surface area contributed by atoms with Gasteiger partial charge < -0.3 is 14.8 Å². The molecule has 8 heteroatoms. The molecule has 1 aliphatic rings. The first-order chi connectivity index (χ1) is 14.3. The summed E-state index contributed by atoms with van der Waals surface area (Å²) in [6.07, 6.45) is -0.703. The number of nitrogens with zero attached hydrogens (tertiary/aromatic N) is 1. The predicted molar refractivity (Wildman–Crippen MR) is 107 cm³/mol. The summed E-state index contributed by atoms with van der Waals surface area (Å²) in [5.74, 6) is -2.41. The van der Waals surface area contributed by atoms with Gasteiger partial charge in [-0.15, -0.1) is 0 Å². The van der Waals surface area contributed by atoms with Gasteiger partial charge in [0.25, 0.3) is 0 Å². The Labute approximate surface area is 172 Å². The quantitative estimate of drug-likeness (QED) is 0.734. The minimum atomic E-state index is -5.09. The number of ether oxygens (including phenoxy) is 2. The second kappa shape index (κ2) is 9.30. The number of alkyl halides is 3. The summed E-state index contributed by atoms with van der Waals surface area (Å²) in [6, 6.07) is 8.95. The molecule has 0 radical (unpaired) electrons. The van der Waals surface area contributed by atoms with Crippen LogP contribution in [0.4, 0.5) is 13.2 Å². The third-order valence-electron chi connectivity index (χ3n) is 4.86. The van der Waals surface area contributed by atoms with Crippen molar-refractivity contribution in [2.24, 2.45) is 0 Å². The molecule has 0 amide bonds. The average molecular weight is 420 g/mol. The number of aromatic nitrogens is 1. The average Bonchev–Trinajstić information content (AvgIpc) is 2.70. The molecule has 160 valence electrons. The summed E-state index contributed by atoms with van der Waals surface area (Å²) in [7, 11) is 1.34. The van der Waals surface area contributed by atoms with E-state index in [1.807, 2.05) is 24.3 Å². The number of rotatable bonds is 5. The normalized spacial score (nSPS) is 14.4. The highest BCUT2D eigenvalue weighted by atomic mass is 19.4. The van der Waals surface area contributed by atoms with Gasteiger partial charge in [0.05, 0.1) is 7.11 Å². The Morgan fingerprint density at radius 3 is 2.63 bits per heavy atom. The topological polar surface area (TPSA) is 60.5 Å². The summed E-state index contributed by atoms with van der Waals surface area (Å²) in [5, 5.41) is 3.31. The number of hydrogen-bond donors (Lipinski definition) is 1. The zero-order valence-electron chi connectivity index (χ0n) is 16.8. The van der Waals surface area contributed by atoms with Gasteiger partial charge in [-0.1, -0.05) is 35.9 Å². The van der Waals surface area contributed by atoms with Crippen molar-refractivity contribution in [3.63, 3.8) is 0 Å². The van der Waals surface area contributed by atoms with E-state index in [0.717, 1.165) is 37.1 Å². The Bertz CT molecular complexity index is 947. The van der Waals surface area contributed by atoms with Gasteiger partial charge >= 0.3 is 12.1 Å². The lowest BCUT2D eigenvalue weighted by molar-refractivity contribution is -0.189. The number of pyridine rings is 1. The first-order valence-electron chi connectivity index (χ1n) is 9.59. The highest BCUT2D eigenvalue weighted by molar-refractivity contribution is 5.78. The maximum Gasteiger partial charge on any atom is 0.491 e. The van der Waals surface area contributed by atoms with Crippen LogP contribution in [0.15, 0.2) is 35.9 Å². The molecule has 0 atom stereocenters. The number of nitrogens with one attached hydrogen (secondary N) is 1. The van der Waals surface area contributed by atoms with Gasteiger partial charge in [0.1, 0.15) is 5.75 Å². The summed E-state index contributed by atoms with van der Waals surface area (Å²) in [5.41, 5.74) is 4.09. The van der Waals surface area contributed by atoms with Crippen LogP contribution in [0.3, 0.4) is 0 Å². The summed E-state index contributed by atoms with van der Waals surface area (Å²) < 4.78 is 47.8. The Balaban J connectivity index is 1.90. The molecule has 1 aromatic heterocycles. The molecule has 2 heterocycles. The number of hydrogen-bond acceptors (Lipinski definition) is 5. The molecule has 1 fully saturated rings. The molecular weight excluding hydrogens is 397 g/mol. The van der Waals surface area contributed by atoms with E-state index in [2.05, 4.69) is 21.1 Å². The fraction of sp³-hybridized carbons (Fsp3) is 0.364. The molecule has 2 aromatic rings. The van der Waals surface area contributed by atoms with Crippen LogP contribution >= 0.6 is 0 Å². The molecule has 1 aliphatic heterocycles. The van der Waals surface area contributed by atoms with E-state index in [-0.39, 0.29) is 18.1 Å². The van der Waals surface area contributed by atoms with Gasteiger partial charge in [-0.25, -0.2) is 9.78 Å². The molecule has 5 nitrogen and oxygen atoms in total. The maximum atomic E-state index is 12.7. The van der Waals surface area contributed by atoms with E-state index in [4.69, 9.17) is 4.74 Å². The molecule has 1 N–H and O–H groups in total. The van der Waals surface area contributed by atoms with Crippen LogP contribution in [0.5, 0.6) is 11.6 Å². The Kier molecular flexibility index (Phi) is 6.77. The van der Waals surface area contributed by atoms with E-state index in [9.17, 15) is 18.0 Å². The van der Waals surface area contributed by atoms with E-state index in [1.54, 1.807) is 6.92 Å². The summed E-state index contributed by atoms with van der Waals surface area (Å²) in [4.78, 5) is 15.6. The number of carbonyl (C=O) groups is 1. The number of benzene rings is 1. The van der Waals surface area contributed by atoms with Gasteiger partial charge in [-0.3, -0.25) is 0 Å². The van der Waals surface area contributed by atoms with Crippen LogP contribution < -0.4 is 14.8 Å². The van der Waals surface area contributed by atoms with Crippen LogP contribution in [0.2, 0.25) is 0 Å². The van der Waals surface area contributed by atoms with Crippen molar-refractivity contribution in [1.29, 1.82) is 0 Å². The molecule has 0 aliphatic carbocycles. The van der Waals surface area contributed by atoms with Crippen LogP contribution in [0, 0.1) is 6.92 Å². The predicted octanol–water partition coefficient (Wildman–Crippen LogP) is 4.22. The number of esters is 1. The van der Waals surface area contributed by atoms with Crippen molar-refractivity contribution < 1.29 is 27.4 Å². The second-order valence-corrected chi connectivity index (χ2v) is 7.09. The summed E-state index contributed by atoms with van der Waals surface area (Å²) in [6.45, 7) is 3.55. The summed E-state index contributed by atoms with van der Waals surface area (Å²) >= 11 is 0. The SMILES string of the molecule is COc1cc(OC(=O)C(F)(F)F)c(Cc2cccc(C=C3CCNCC3)c2)c(C)n1. The molecule has 1 saturated heterocycles. The van der Waals surface area contributed by atoms with Crippen molar-refractivity contribution in [3.8, 4) is 11.6 Å². The largest absolute Gasteiger partial charge is 0.491 e. The third-order valence-corrected chi connectivity index (χ3v) is 4.86. The smallest absolute Gasteiger partial charge is 0.481 e. The second-order valence-electron chi connectivity index (χ2n) is 7.09. The van der Waals surface area contributed by atoms with Gasteiger partial charge in [-0.05, 0) is 44.0 Å². The molecule has 0 bridgehead atoms. The Morgan fingerprint density at radius 2 is 1.97 bits per heavy atom. The van der Waals surface area contributed by atoms with Crippen molar-refractivity contribution in [3.05, 3.63) is 58.3 Å². The lowest BCUT2D eigenvalue weighted by Crippen LogP contribution is -2.28. The monoisotopic (exact) mass is 420 g/mol. The van der Waals surface area contributed by atoms with Crippen molar-refractivity contribution in [2.45, 2.75) is 32.4 Å². The van der Waals surface area contributed by atoms with E-state index < -0.39 is 12.1 Å². The maximum absolute atomic E-state index is 12.7. The zero-order chi connectivity index (χ0) is 21.7. The minimum Gasteiger partial charge on any atom is -0.481 e. The molecule has 0 unspecified atom stereocenters. The molecule has 3 rings (SSSR count). The van der Waals surface area contributed by atoms with Crippen molar-refractivity contribution in [1.82, 2.24) is 10.3 Å². The standard InChI is InChI=1S/C22H23F3N2O3/c1-14-18(19(13-20(27-14)29-2)30-21(28)22(23,24)25)12-17-5-3-4-16(11-17)10-15-6-8-26-9-7-15/h3-5,10-11,13,26H,6-9,12H2,1-2H3. The van der Waals surface area contributed by atoms with Crippen molar-refractivity contribution in [2.75, 3.05) is 20.2 Å². The van der Waals surface area contributed by atoms with E-state index in [0.29, 0.717) is 11.3 Å². The fourth-order valence-electron chi connectivity index (χ4n) is 3.34. The van der Waals surface area contributed by atoms with Gasteiger partial charge in [0.2, 0.25) is 5.88 Å². The lowest BCUT2D eigenvalue weighted by atomic mass is 9.98. The third kappa shape index (κ3) is 5.60. The number of methoxy groups -OCH3 is 1. The highest BCUT2D eigenvalue weighted by Gasteiger charge is 2.41. The number of halogens is 3. The number of piperidine rings is 1. The molecular formula is C22H23F3N2O3. The van der Waals surface area contributed by atoms with Crippen LogP contribution in [0.25, 0.3) is 6.08 Å². The van der Waals surface area contributed by atoms with Crippen LogP contribution in [0.1, 0.15) is 35.2 Å².